The molecule has 0 radical (unpaired) electrons. The van der Waals surface area contributed by atoms with Gasteiger partial charge in [0.25, 0.3) is 0 Å². The number of hydrogen-bond acceptors (Lipinski definition) is 8. The third-order valence-electron chi connectivity index (χ3n) is 4.21. The molecule has 1 aliphatic rings. The van der Waals surface area contributed by atoms with E-state index < -0.39 is 39.1 Å². The van der Waals surface area contributed by atoms with Crippen molar-refractivity contribution in [2.24, 2.45) is 0 Å². The average molecular weight is 533 g/mol. The number of carbonyl (C=O) groups is 3. The van der Waals surface area contributed by atoms with Gasteiger partial charge < -0.3 is 0 Å². The molecule has 0 atom stereocenters. The van der Waals surface area contributed by atoms with E-state index in [4.69, 9.17) is 14.2 Å². The average Bonchev–Trinajstić information content (AvgIpc) is 3.08. The first-order chi connectivity index (χ1) is 15.0. The van der Waals surface area contributed by atoms with Crippen molar-refractivity contribution in [3.8, 4) is 11.4 Å². The van der Waals surface area contributed by atoms with Crippen LogP contribution in [0.3, 0.4) is 0 Å². The molecule has 0 aromatic carbocycles. The molecular formula is C22H18IN2O6-. The second-order valence-electron chi connectivity index (χ2n) is 6.11. The summed E-state index contributed by atoms with van der Waals surface area (Å²) in [5.74, 6) is -1.53. The first-order valence-corrected chi connectivity index (χ1v) is 11.4. The van der Waals surface area contributed by atoms with Gasteiger partial charge in [-0.3, -0.25) is 0 Å². The fourth-order valence-electron chi connectivity index (χ4n) is 2.69. The Balaban J connectivity index is 2.15. The fourth-order valence-corrected chi connectivity index (χ4v) is 4.38. The standard InChI is InChI=1S/C22H18IN2O6/c1-29-20(26)13-4-6-23-12-16(8-13)17-10-15(22(28)31-3)11-19(25-17)18-9-14(5-7-24-18)21(27)30-2/h4-12H,1-3H3/q-1. The van der Waals surface area contributed by atoms with Crippen LogP contribution in [0.5, 0.6) is 0 Å². The summed E-state index contributed by atoms with van der Waals surface area (Å²) in [6.45, 7) is 0. The van der Waals surface area contributed by atoms with Gasteiger partial charge in [0.2, 0.25) is 0 Å². The Kier molecular flexibility index (Phi) is 7.29. The van der Waals surface area contributed by atoms with Crippen LogP contribution in [0, 0.1) is 0 Å². The molecule has 0 spiro atoms. The van der Waals surface area contributed by atoms with Crippen LogP contribution in [0.15, 0.2) is 56.4 Å². The van der Waals surface area contributed by atoms with Crippen LogP contribution in [0.1, 0.15) is 26.4 Å². The van der Waals surface area contributed by atoms with Gasteiger partial charge in [-0.25, -0.2) is 0 Å². The maximum absolute atomic E-state index is 12.3. The number of pyridine rings is 2. The Hall–Kier alpha value is -3.34. The molecule has 3 rings (SSSR count). The zero-order valence-corrected chi connectivity index (χ0v) is 19.1. The van der Waals surface area contributed by atoms with Gasteiger partial charge in [0, 0.05) is 0 Å². The summed E-state index contributed by atoms with van der Waals surface area (Å²) in [7, 11) is 3.89. The second-order valence-corrected chi connectivity index (χ2v) is 8.17. The van der Waals surface area contributed by atoms with Gasteiger partial charge in [0.05, 0.1) is 0 Å². The van der Waals surface area contributed by atoms with Crippen LogP contribution in [0.4, 0.5) is 0 Å². The van der Waals surface area contributed by atoms with E-state index in [0.29, 0.717) is 33.8 Å². The van der Waals surface area contributed by atoms with Gasteiger partial charge in [-0.05, 0) is 0 Å². The van der Waals surface area contributed by atoms with E-state index in [0.717, 1.165) is 0 Å². The van der Waals surface area contributed by atoms with Crippen LogP contribution in [-0.4, -0.2) is 49.2 Å². The number of esters is 3. The number of methoxy groups -OCH3 is 3. The van der Waals surface area contributed by atoms with Crippen molar-refractivity contribution in [1.29, 1.82) is 0 Å². The normalized spacial score (nSPS) is 13.1. The van der Waals surface area contributed by atoms with E-state index in [1.807, 2.05) is 8.17 Å². The van der Waals surface area contributed by atoms with Gasteiger partial charge in [-0.15, -0.1) is 0 Å². The minimum atomic E-state index is -0.548. The van der Waals surface area contributed by atoms with E-state index in [9.17, 15) is 14.4 Å². The zero-order chi connectivity index (χ0) is 22.4. The van der Waals surface area contributed by atoms with Gasteiger partial charge in [-0.1, -0.05) is 0 Å². The maximum atomic E-state index is 12.3. The third-order valence-corrected chi connectivity index (χ3v) is 6.02. The van der Waals surface area contributed by atoms with E-state index in [1.54, 1.807) is 18.2 Å². The molecule has 2 aromatic heterocycles. The summed E-state index contributed by atoms with van der Waals surface area (Å²) >= 11 is -0.483. The van der Waals surface area contributed by atoms with E-state index in [1.165, 1.54) is 45.7 Å². The fraction of sp³-hybridized carbons (Fsp3) is 0.136. The van der Waals surface area contributed by atoms with Crippen molar-refractivity contribution in [2.45, 2.75) is 0 Å². The first-order valence-electron chi connectivity index (χ1n) is 8.91. The summed E-state index contributed by atoms with van der Waals surface area (Å²) in [4.78, 5) is 45.1. The Morgan fingerprint density at radius 3 is 2.19 bits per heavy atom. The van der Waals surface area contributed by atoms with E-state index in [2.05, 4.69) is 9.97 Å². The number of nitrogens with zero attached hydrogens (tertiary/aromatic N) is 2. The van der Waals surface area contributed by atoms with E-state index in [-0.39, 0.29) is 5.56 Å². The molecule has 0 bridgehead atoms. The summed E-state index contributed by atoms with van der Waals surface area (Å²) in [5.41, 5.74) is 2.83. The van der Waals surface area contributed by atoms with Gasteiger partial charge in [0.1, 0.15) is 0 Å². The number of carbonyl (C=O) groups excluding carboxylic acids is 3. The number of allylic oxidation sites excluding steroid dienone is 2. The Bertz CT molecular complexity index is 1140. The SMILES string of the molecule is COC(=O)C1=CC(c2cc(C(=O)OC)cc(-c3cc(C(=O)OC)ccn3)n2)=C[I-]C=C1. The monoisotopic (exact) mass is 533 g/mol. The van der Waals surface area contributed by atoms with Crippen molar-refractivity contribution >= 4 is 23.5 Å². The predicted molar refractivity (Wildman–Crippen MR) is 107 cm³/mol. The first kappa shape index (κ1) is 22.3. The summed E-state index contributed by atoms with van der Waals surface area (Å²) in [6, 6.07) is 6.18. The molecule has 31 heavy (non-hydrogen) atoms. The molecule has 8 nitrogen and oxygen atoms in total. The van der Waals surface area contributed by atoms with Crippen molar-refractivity contribution in [3.05, 3.63) is 73.2 Å². The predicted octanol–water partition coefficient (Wildman–Crippen LogP) is -0.227. The number of aromatic nitrogens is 2. The molecule has 3 heterocycles. The zero-order valence-electron chi connectivity index (χ0n) is 16.9. The van der Waals surface area contributed by atoms with Crippen molar-refractivity contribution in [1.82, 2.24) is 9.97 Å². The Morgan fingerprint density at radius 1 is 0.839 bits per heavy atom. The van der Waals surface area contributed by atoms with Crippen LogP contribution in [0.25, 0.3) is 17.0 Å². The van der Waals surface area contributed by atoms with Crippen LogP contribution >= 0.6 is 0 Å². The third kappa shape index (κ3) is 5.23. The van der Waals surface area contributed by atoms with E-state index >= 15 is 0 Å². The van der Waals surface area contributed by atoms with Crippen molar-refractivity contribution < 1.29 is 49.8 Å². The Labute approximate surface area is 188 Å². The summed E-state index contributed by atoms with van der Waals surface area (Å²) in [5, 5.41) is 0. The van der Waals surface area contributed by atoms with Crippen LogP contribution in [-0.2, 0) is 19.0 Å². The molecule has 0 saturated carbocycles. The molecular weight excluding hydrogens is 515 g/mol. The van der Waals surface area contributed by atoms with Crippen LogP contribution < -0.4 is 21.2 Å². The molecule has 9 heteroatoms. The van der Waals surface area contributed by atoms with Gasteiger partial charge >= 0.3 is 189 Å². The summed E-state index contributed by atoms with van der Waals surface area (Å²) in [6.07, 6.45) is 4.85. The van der Waals surface area contributed by atoms with Gasteiger partial charge in [-0.2, -0.15) is 0 Å². The minimum absolute atomic E-state index is 0.261. The topological polar surface area (TPSA) is 105 Å². The number of halogens is 1. The Morgan fingerprint density at radius 2 is 1.48 bits per heavy atom. The van der Waals surface area contributed by atoms with Gasteiger partial charge in [0.15, 0.2) is 0 Å². The molecule has 0 aliphatic carbocycles. The molecule has 160 valence electrons. The summed E-state index contributed by atoms with van der Waals surface area (Å²) < 4.78 is 18.4. The second kappa shape index (κ2) is 10.1. The van der Waals surface area contributed by atoms with Crippen molar-refractivity contribution in [2.75, 3.05) is 21.3 Å². The molecule has 0 amide bonds. The molecule has 0 N–H and O–H groups in total. The number of hydrogen-bond donors (Lipinski definition) is 0. The molecule has 0 saturated heterocycles. The molecule has 2 aromatic rings. The quantitative estimate of drug-likeness (QED) is 0.295. The van der Waals surface area contributed by atoms with Crippen molar-refractivity contribution in [3.63, 3.8) is 0 Å². The molecule has 0 fully saturated rings. The number of ether oxygens (including phenoxy) is 3. The van der Waals surface area contributed by atoms with Crippen LogP contribution in [0.2, 0.25) is 0 Å². The molecule has 0 unspecified atom stereocenters. The number of rotatable bonds is 5. The molecule has 1 aliphatic heterocycles.